The summed E-state index contributed by atoms with van der Waals surface area (Å²) in [5, 5.41) is 0. The first kappa shape index (κ1) is 28.0. The van der Waals surface area contributed by atoms with Gasteiger partial charge in [0.25, 0.3) is 0 Å². The molecule has 3 atom stereocenters. The fourth-order valence-electron chi connectivity index (χ4n) is 3.27. The lowest BCUT2D eigenvalue weighted by Gasteiger charge is -2.38. The fourth-order valence-corrected chi connectivity index (χ4v) is 3.27. The molecule has 0 aromatic carbocycles. The van der Waals surface area contributed by atoms with Gasteiger partial charge in [0.05, 0.1) is 11.2 Å². The maximum absolute atomic E-state index is 13.0. The Kier molecular flexibility index (Phi) is 11.0. The highest BCUT2D eigenvalue weighted by molar-refractivity contribution is 5.88. The van der Waals surface area contributed by atoms with Crippen LogP contribution in [0.15, 0.2) is 12.7 Å². The van der Waals surface area contributed by atoms with E-state index in [-0.39, 0.29) is 11.6 Å². The van der Waals surface area contributed by atoms with Gasteiger partial charge < -0.3 is 9.47 Å². The molecule has 0 spiro atoms. The molecular weight excluding hydrogens is 364 g/mol. The van der Waals surface area contributed by atoms with E-state index in [0.717, 1.165) is 25.7 Å². The van der Waals surface area contributed by atoms with E-state index in [2.05, 4.69) is 6.58 Å². The largest absolute Gasteiger partial charge is 0.365 e. The Balaban J connectivity index is 5.26. The van der Waals surface area contributed by atoms with Gasteiger partial charge in [-0.05, 0) is 60.8 Å². The number of carbonyl (C=O) groups is 2. The summed E-state index contributed by atoms with van der Waals surface area (Å²) < 4.78 is 12.2. The van der Waals surface area contributed by atoms with Crippen LogP contribution < -0.4 is 0 Å². The quantitative estimate of drug-likeness (QED) is 0.264. The Hall–Kier alpha value is -1.00. The van der Waals surface area contributed by atoms with Crippen LogP contribution in [0.1, 0.15) is 101 Å². The van der Waals surface area contributed by atoms with Crippen LogP contribution >= 0.6 is 0 Å². The summed E-state index contributed by atoms with van der Waals surface area (Å²) in [6.07, 6.45) is 5.57. The lowest BCUT2D eigenvalue weighted by atomic mass is 9.83. The van der Waals surface area contributed by atoms with E-state index in [0.29, 0.717) is 6.42 Å². The van der Waals surface area contributed by atoms with E-state index in [1.807, 2.05) is 68.4 Å². The fraction of sp³-hybridized carbons (Fsp3) is 0.840. The van der Waals surface area contributed by atoms with Gasteiger partial charge >= 0.3 is 0 Å². The van der Waals surface area contributed by atoms with E-state index in [4.69, 9.17) is 9.47 Å². The smallest absolute Gasteiger partial charge is 0.166 e. The number of carbonyl (C=O) groups excluding carboxylic acids is 2. The highest BCUT2D eigenvalue weighted by Crippen LogP contribution is 2.31. The number of rotatable bonds is 13. The first-order valence-electron chi connectivity index (χ1n) is 11.1. The lowest BCUT2D eigenvalue weighted by molar-refractivity contribution is -0.167. The molecule has 0 radical (unpaired) electrons. The summed E-state index contributed by atoms with van der Waals surface area (Å²) in [4.78, 5) is 26.0. The first-order valence-corrected chi connectivity index (χ1v) is 11.1. The van der Waals surface area contributed by atoms with Gasteiger partial charge in [-0.3, -0.25) is 9.59 Å². The van der Waals surface area contributed by atoms with Crippen LogP contribution in [0.3, 0.4) is 0 Å². The van der Waals surface area contributed by atoms with Crippen molar-refractivity contribution >= 4 is 11.6 Å². The summed E-state index contributed by atoms with van der Waals surface area (Å²) in [6, 6.07) is 0. The van der Waals surface area contributed by atoms with Crippen molar-refractivity contribution in [3.63, 3.8) is 0 Å². The third-order valence-corrected chi connectivity index (χ3v) is 5.25. The van der Waals surface area contributed by atoms with Crippen molar-refractivity contribution in [2.45, 2.75) is 125 Å². The Morgan fingerprint density at radius 2 is 1.45 bits per heavy atom. The van der Waals surface area contributed by atoms with Crippen molar-refractivity contribution in [2.24, 2.45) is 11.3 Å². The zero-order valence-electron chi connectivity index (χ0n) is 20.7. The number of ketones is 2. The maximum Gasteiger partial charge on any atom is 0.166 e. The van der Waals surface area contributed by atoms with Crippen molar-refractivity contribution in [3.8, 4) is 0 Å². The molecule has 0 fully saturated rings. The Labute approximate surface area is 179 Å². The second kappa shape index (κ2) is 11.4. The maximum atomic E-state index is 13.0. The highest BCUT2D eigenvalue weighted by atomic mass is 16.5. The molecule has 0 amide bonds. The molecule has 0 saturated carbocycles. The SMILES string of the molecule is C=CCCCCCC(OC(C)(C)C(C)C(=O)C(C)OC(C)(C)C)C(=O)C(C)(C)C. The van der Waals surface area contributed by atoms with Crippen LogP contribution in [0.2, 0.25) is 0 Å². The minimum atomic E-state index is -0.765. The average molecular weight is 411 g/mol. The van der Waals surface area contributed by atoms with Gasteiger partial charge in [0.15, 0.2) is 11.6 Å². The molecule has 3 unspecified atom stereocenters. The van der Waals surface area contributed by atoms with Crippen molar-refractivity contribution in [3.05, 3.63) is 12.7 Å². The predicted octanol–water partition coefficient (Wildman–Crippen LogP) is 6.31. The summed E-state index contributed by atoms with van der Waals surface area (Å²) in [7, 11) is 0. The zero-order chi connectivity index (χ0) is 23.0. The molecule has 29 heavy (non-hydrogen) atoms. The standard InChI is InChI=1S/C25H46O4/c1-12-13-14-15-16-17-20(22(27)23(4,5)6)29-25(10,11)18(2)21(26)19(3)28-24(7,8)9/h12,18-20H,1,13-17H2,2-11H3. The summed E-state index contributed by atoms with van der Waals surface area (Å²) in [5.74, 6) is -0.304. The van der Waals surface area contributed by atoms with Gasteiger partial charge in [-0.2, -0.15) is 0 Å². The molecule has 4 nitrogen and oxygen atoms in total. The van der Waals surface area contributed by atoms with Crippen LogP contribution in [0.5, 0.6) is 0 Å². The second-order valence-corrected chi connectivity index (χ2v) is 10.7. The molecule has 0 aliphatic rings. The van der Waals surface area contributed by atoms with Crippen molar-refractivity contribution in [2.75, 3.05) is 0 Å². The van der Waals surface area contributed by atoms with Gasteiger partial charge in [-0.25, -0.2) is 0 Å². The van der Waals surface area contributed by atoms with E-state index in [9.17, 15) is 9.59 Å². The lowest BCUT2D eigenvalue weighted by Crippen LogP contribution is -2.48. The topological polar surface area (TPSA) is 52.6 Å². The van der Waals surface area contributed by atoms with E-state index in [1.54, 1.807) is 6.92 Å². The molecule has 0 N–H and O–H groups in total. The minimum absolute atomic E-state index is 0.00198. The molecule has 4 heteroatoms. The zero-order valence-corrected chi connectivity index (χ0v) is 20.7. The molecule has 0 rings (SSSR count). The Morgan fingerprint density at radius 1 is 0.897 bits per heavy atom. The van der Waals surface area contributed by atoms with Crippen molar-refractivity contribution in [1.29, 1.82) is 0 Å². The van der Waals surface area contributed by atoms with Crippen LogP contribution in [0, 0.1) is 11.3 Å². The first-order chi connectivity index (χ1) is 13.0. The Bertz CT molecular complexity index is 534. The van der Waals surface area contributed by atoms with Gasteiger partial charge in [0, 0.05) is 11.3 Å². The van der Waals surface area contributed by atoms with Gasteiger partial charge in [0.1, 0.15) is 12.2 Å². The third kappa shape index (κ3) is 10.5. The molecule has 0 saturated heterocycles. The number of Topliss-reactive ketones (excluding diaryl/α,β-unsaturated/α-hetero) is 2. The van der Waals surface area contributed by atoms with Crippen LogP contribution in [0.4, 0.5) is 0 Å². The molecule has 0 aromatic heterocycles. The number of hydrogen-bond acceptors (Lipinski definition) is 4. The van der Waals surface area contributed by atoms with E-state index >= 15 is 0 Å². The molecule has 170 valence electrons. The number of ether oxygens (including phenoxy) is 2. The van der Waals surface area contributed by atoms with E-state index in [1.165, 1.54) is 0 Å². The highest BCUT2D eigenvalue weighted by Gasteiger charge is 2.40. The van der Waals surface area contributed by atoms with E-state index < -0.39 is 34.7 Å². The summed E-state index contributed by atoms with van der Waals surface area (Å²) >= 11 is 0. The average Bonchev–Trinajstić information content (AvgIpc) is 2.56. The predicted molar refractivity (Wildman–Crippen MR) is 121 cm³/mol. The van der Waals surface area contributed by atoms with Gasteiger partial charge in [-0.15, -0.1) is 6.58 Å². The monoisotopic (exact) mass is 410 g/mol. The molecule has 0 aliphatic carbocycles. The van der Waals surface area contributed by atoms with Crippen LogP contribution in [-0.2, 0) is 19.1 Å². The van der Waals surface area contributed by atoms with Gasteiger partial charge in [0.2, 0.25) is 0 Å². The molecule has 0 aromatic rings. The normalized spacial score (nSPS) is 16.2. The second-order valence-electron chi connectivity index (χ2n) is 10.7. The Morgan fingerprint density at radius 3 is 1.90 bits per heavy atom. The summed E-state index contributed by atoms with van der Waals surface area (Å²) in [5.41, 5.74) is -1.65. The molecule has 0 heterocycles. The van der Waals surface area contributed by atoms with Gasteiger partial charge in [-0.1, -0.05) is 46.6 Å². The minimum Gasteiger partial charge on any atom is -0.365 e. The number of allylic oxidation sites excluding steroid dienone is 1. The molecule has 0 bridgehead atoms. The van der Waals surface area contributed by atoms with Crippen molar-refractivity contribution < 1.29 is 19.1 Å². The van der Waals surface area contributed by atoms with Crippen LogP contribution in [0.25, 0.3) is 0 Å². The molecular formula is C25H46O4. The third-order valence-electron chi connectivity index (χ3n) is 5.25. The molecule has 0 aliphatic heterocycles. The van der Waals surface area contributed by atoms with Crippen LogP contribution in [-0.4, -0.2) is 35.0 Å². The number of unbranched alkanes of at least 4 members (excludes halogenated alkanes) is 3. The number of hydrogen-bond donors (Lipinski definition) is 0. The van der Waals surface area contributed by atoms with Crippen molar-refractivity contribution in [1.82, 2.24) is 0 Å². The summed E-state index contributed by atoms with van der Waals surface area (Å²) in [6.45, 7) is 22.8.